The molecule has 0 fully saturated rings. The standard InChI is InChI=1S/C14H17N5O3.ClH/c1-15-7-9-17(2)14(20)13-6-8-18(16-13)11-4-3-5-12(10-11)19(21)22;/h3-6,8,10,15H,7,9H2,1-2H3;1H. The summed E-state index contributed by atoms with van der Waals surface area (Å²) in [4.78, 5) is 24.1. The lowest BCUT2D eigenvalue weighted by Gasteiger charge is -2.15. The number of nitro benzene ring substituents is 1. The molecule has 0 aliphatic heterocycles. The Morgan fingerprint density at radius 1 is 1.43 bits per heavy atom. The monoisotopic (exact) mass is 339 g/mol. The lowest BCUT2D eigenvalue weighted by Crippen LogP contribution is -2.33. The number of nitrogens with zero attached hydrogens (tertiary/aromatic N) is 4. The van der Waals surface area contributed by atoms with Crippen LogP contribution in [-0.2, 0) is 0 Å². The number of carbonyl (C=O) groups excluding carboxylic acids is 1. The number of rotatable bonds is 6. The van der Waals surface area contributed by atoms with Crippen LogP contribution in [0.5, 0.6) is 0 Å². The Kier molecular flexibility index (Phi) is 6.67. The second-order valence-corrected chi connectivity index (χ2v) is 4.75. The van der Waals surface area contributed by atoms with Gasteiger partial charge < -0.3 is 10.2 Å². The van der Waals surface area contributed by atoms with Crippen molar-refractivity contribution in [2.75, 3.05) is 27.2 Å². The minimum atomic E-state index is -0.468. The zero-order chi connectivity index (χ0) is 16.1. The first kappa shape index (κ1) is 18.6. The molecule has 0 bridgehead atoms. The van der Waals surface area contributed by atoms with Crippen LogP contribution < -0.4 is 5.32 Å². The molecule has 1 aromatic carbocycles. The lowest BCUT2D eigenvalue weighted by molar-refractivity contribution is -0.384. The van der Waals surface area contributed by atoms with Gasteiger partial charge in [-0.25, -0.2) is 4.68 Å². The normalized spacial score (nSPS) is 10.0. The number of hydrogen-bond donors (Lipinski definition) is 1. The van der Waals surface area contributed by atoms with Gasteiger partial charge >= 0.3 is 0 Å². The average molecular weight is 340 g/mol. The minimum absolute atomic E-state index is 0. The van der Waals surface area contributed by atoms with Crippen molar-refractivity contribution < 1.29 is 9.72 Å². The number of likely N-dealkylation sites (N-methyl/N-ethyl adjacent to an activating group) is 2. The van der Waals surface area contributed by atoms with Gasteiger partial charge in [0.25, 0.3) is 11.6 Å². The summed E-state index contributed by atoms with van der Waals surface area (Å²) in [6, 6.07) is 7.68. The van der Waals surface area contributed by atoms with Crippen LogP contribution in [0.15, 0.2) is 36.5 Å². The summed E-state index contributed by atoms with van der Waals surface area (Å²) in [7, 11) is 3.52. The highest BCUT2D eigenvalue weighted by molar-refractivity contribution is 5.92. The number of amides is 1. The van der Waals surface area contributed by atoms with Crippen LogP contribution in [0.25, 0.3) is 5.69 Å². The van der Waals surface area contributed by atoms with E-state index < -0.39 is 4.92 Å². The number of nitro groups is 1. The summed E-state index contributed by atoms with van der Waals surface area (Å²) in [6.07, 6.45) is 1.61. The molecule has 8 nitrogen and oxygen atoms in total. The van der Waals surface area contributed by atoms with Crippen molar-refractivity contribution >= 4 is 24.0 Å². The van der Waals surface area contributed by atoms with E-state index in [0.29, 0.717) is 24.5 Å². The van der Waals surface area contributed by atoms with Crippen molar-refractivity contribution in [3.63, 3.8) is 0 Å². The zero-order valence-corrected chi connectivity index (χ0v) is 13.6. The maximum Gasteiger partial charge on any atom is 0.274 e. The van der Waals surface area contributed by atoms with Gasteiger partial charge in [-0.1, -0.05) is 6.07 Å². The van der Waals surface area contributed by atoms with E-state index in [9.17, 15) is 14.9 Å². The fourth-order valence-electron chi connectivity index (χ4n) is 1.91. The molecule has 1 aromatic heterocycles. The summed E-state index contributed by atoms with van der Waals surface area (Å²) in [5, 5.41) is 18.0. The van der Waals surface area contributed by atoms with Crippen LogP contribution in [0.4, 0.5) is 5.69 Å². The molecule has 0 aliphatic carbocycles. The van der Waals surface area contributed by atoms with Gasteiger partial charge in [-0.05, 0) is 19.2 Å². The fraction of sp³-hybridized carbons (Fsp3) is 0.286. The van der Waals surface area contributed by atoms with E-state index in [1.165, 1.54) is 16.8 Å². The summed E-state index contributed by atoms with van der Waals surface area (Å²) in [5.74, 6) is -0.195. The molecule has 0 aliphatic rings. The topological polar surface area (TPSA) is 93.3 Å². The number of aromatic nitrogens is 2. The molecule has 0 unspecified atom stereocenters. The molecule has 23 heavy (non-hydrogen) atoms. The van der Waals surface area contributed by atoms with Crippen LogP contribution in [0.3, 0.4) is 0 Å². The van der Waals surface area contributed by atoms with Gasteiger partial charge in [-0.15, -0.1) is 12.4 Å². The van der Waals surface area contributed by atoms with Gasteiger partial charge in [0.05, 0.1) is 10.6 Å². The van der Waals surface area contributed by atoms with E-state index >= 15 is 0 Å². The zero-order valence-electron chi connectivity index (χ0n) is 12.8. The Bertz CT molecular complexity index is 689. The summed E-state index contributed by atoms with van der Waals surface area (Å²) < 4.78 is 1.45. The summed E-state index contributed by atoms with van der Waals surface area (Å²) in [5.41, 5.74) is 0.809. The first-order valence-electron chi connectivity index (χ1n) is 6.73. The molecule has 2 aromatic rings. The molecule has 0 atom stereocenters. The first-order valence-corrected chi connectivity index (χ1v) is 6.73. The molecular weight excluding hydrogens is 322 g/mol. The quantitative estimate of drug-likeness (QED) is 0.635. The number of non-ortho nitro benzene ring substituents is 1. The minimum Gasteiger partial charge on any atom is -0.339 e. The van der Waals surface area contributed by atoms with Crippen LogP contribution in [0.2, 0.25) is 0 Å². The first-order chi connectivity index (χ1) is 10.5. The molecule has 1 N–H and O–H groups in total. The van der Waals surface area contributed by atoms with Crippen molar-refractivity contribution in [3.8, 4) is 5.69 Å². The Labute approximate surface area is 139 Å². The van der Waals surface area contributed by atoms with Crippen LogP contribution in [0, 0.1) is 10.1 Å². The fourth-order valence-corrected chi connectivity index (χ4v) is 1.91. The molecule has 0 saturated carbocycles. The van der Waals surface area contributed by atoms with Gasteiger partial charge in [0.2, 0.25) is 0 Å². The molecule has 1 heterocycles. The third-order valence-corrected chi connectivity index (χ3v) is 3.16. The Morgan fingerprint density at radius 3 is 2.83 bits per heavy atom. The molecule has 1 amide bonds. The SMILES string of the molecule is CNCCN(C)C(=O)c1ccn(-c2cccc([N+](=O)[O-])c2)n1.Cl. The smallest absolute Gasteiger partial charge is 0.274 e. The van der Waals surface area contributed by atoms with E-state index in [1.807, 2.05) is 7.05 Å². The predicted octanol–water partition coefficient (Wildman–Crippen LogP) is 1.49. The average Bonchev–Trinajstić information content (AvgIpc) is 3.01. The summed E-state index contributed by atoms with van der Waals surface area (Å²) >= 11 is 0. The van der Waals surface area contributed by atoms with Crippen molar-refractivity contribution in [1.29, 1.82) is 0 Å². The van der Waals surface area contributed by atoms with Gasteiger partial charge in [0, 0.05) is 38.5 Å². The Hall–Kier alpha value is -2.45. The molecule has 2 rings (SSSR count). The van der Waals surface area contributed by atoms with Crippen molar-refractivity contribution in [3.05, 3.63) is 52.3 Å². The molecular formula is C14H18ClN5O3. The Balaban J connectivity index is 0.00000264. The molecule has 0 saturated heterocycles. The van der Waals surface area contributed by atoms with E-state index in [2.05, 4.69) is 10.4 Å². The highest BCUT2D eigenvalue weighted by Crippen LogP contribution is 2.16. The number of benzene rings is 1. The number of nitrogens with one attached hydrogen (secondary N) is 1. The van der Waals surface area contributed by atoms with Crippen LogP contribution >= 0.6 is 12.4 Å². The number of carbonyl (C=O) groups is 1. The Morgan fingerprint density at radius 2 is 2.17 bits per heavy atom. The third kappa shape index (κ3) is 4.51. The number of halogens is 1. The van der Waals surface area contributed by atoms with Gasteiger partial charge in [-0.3, -0.25) is 14.9 Å². The lowest BCUT2D eigenvalue weighted by atomic mass is 10.3. The van der Waals surface area contributed by atoms with Crippen molar-refractivity contribution in [1.82, 2.24) is 20.0 Å². The van der Waals surface area contributed by atoms with Crippen molar-refractivity contribution in [2.45, 2.75) is 0 Å². The maximum atomic E-state index is 12.2. The second kappa shape index (κ2) is 8.25. The molecule has 9 heteroatoms. The van der Waals surface area contributed by atoms with Gasteiger partial charge in [0.1, 0.15) is 0 Å². The van der Waals surface area contributed by atoms with Crippen LogP contribution in [-0.4, -0.2) is 52.7 Å². The van der Waals surface area contributed by atoms with E-state index in [4.69, 9.17) is 0 Å². The van der Waals surface area contributed by atoms with E-state index in [1.54, 1.807) is 36.3 Å². The molecule has 124 valence electrons. The van der Waals surface area contributed by atoms with Crippen LogP contribution in [0.1, 0.15) is 10.5 Å². The second-order valence-electron chi connectivity index (χ2n) is 4.75. The summed E-state index contributed by atoms with van der Waals surface area (Å²) in [6.45, 7) is 1.26. The van der Waals surface area contributed by atoms with E-state index in [0.717, 1.165) is 0 Å². The largest absolute Gasteiger partial charge is 0.339 e. The molecule has 0 radical (unpaired) electrons. The predicted molar refractivity (Wildman–Crippen MR) is 88.4 cm³/mol. The highest BCUT2D eigenvalue weighted by atomic mass is 35.5. The highest BCUT2D eigenvalue weighted by Gasteiger charge is 2.15. The van der Waals surface area contributed by atoms with Gasteiger partial charge in [0.15, 0.2) is 5.69 Å². The third-order valence-electron chi connectivity index (χ3n) is 3.16. The van der Waals surface area contributed by atoms with Crippen molar-refractivity contribution in [2.24, 2.45) is 0 Å². The number of hydrogen-bond acceptors (Lipinski definition) is 5. The van der Waals surface area contributed by atoms with Gasteiger partial charge in [-0.2, -0.15) is 5.10 Å². The van der Waals surface area contributed by atoms with E-state index in [-0.39, 0.29) is 24.0 Å². The molecule has 0 spiro atoms. The maximum absolute atomic E-state index is 12.2.